The third-order valence-electron chi connectivity index (χ3n) is 4.78. The summed E-state index contributed by atoms with van der Waals surface area (Å²) in [6.07, 6.45) is 1.58. The van der Waals surface area contributed by atoms with E-state index in [0.29, 0.717) is 27.8 Å². The Hall–Kier alpha value is -3.88. The highest BCUT2D eigenvalue weighted by Gasteiger charge is 2.19. The summed E-state index contributed by atoms with van der Waals surface area (Å²) in [7, 11) is 0. The first kappa shape index (κ1) is 19.4. The molecule has 0 aliphatic carbocycles. The second-order valence-electron chi connectivity index (χ2n) is 7.22. The van der Waals surface area contributed by atoms with Gasteiger partial charge in [-0.05, 0) is 35.7 Å². The van der Waals surface area contributed by atoms with Gasteiger partial charge in [-0.1, -0.05) is 26.0 Å². The molecule has 2 aromatic carbocycles. The Labute approximate surface area is 170 Å². The fourth-order valence-corrected chi connectivity index (χ4v) is 3.35. The van der Waals surface area contributed by atoms with E-state index < -0.39 is 4.92 Å². The van der Waals surface area contributed by atoms with E-state index in [2.05, 4.69) is 10.2 Å². The largest absolute Gasteiger partial charge is 0.293 e. The predicted octanol–water partition coefficient (Wildman–Crippen LogP) is 3.80. The van der Waals surface area contributed by atoms with Gasteiger partial charge in [0.15, 0.2) is 0 Å². The highest BCUT2D eigenvalue weighted by atomic mass is 19.1. The van der Waals surface area contributed by atoms with Crippen LogP contribution in [0.4, 0.5) is 10.1 Å². The Morgan fingerprint density at radius 2 is 1.90 bits per heavy atom. The molecule has 4 rings (SSSR count). The fourth-order valence-electron chi connectivity index (χ4n) is 3.35. The van der Waals surface area contributed by atoms with Crippen molar-refractivity contribution in [3.63, 3.8) is 0 Å². The van der Waals surface area contributed by atoms with E-state index in [1.54, 1.807) is 30.5 Å². The number of nitro benzene ring substituents is 1. The molecule has 0 saturated carbocycles. The van der Waals surface area contributed by atoms with Crippen LogP contribution in [0.25, 0.3) is 16.6 Å². The summed E-state index contributed by atoms with van der Waals surface area (Å²) >= 11 is 0. The maximum absolute atomic E-state index is 13.3. The van der Waals surface area contributed by atoms with Crippen LogP contribution in [0.2, 0.25) is 0 Å². The van der Waals surface area contributed by atoms with Crippen molar-refractivity contribution in [1.82, 2.24) is 19.6 Å². The maximum atomic E-state index is 13.3. The second kappa shape index (κ2) is 7.51. The van der Waals surface area contributed by atoms with Crippen LogP contribution in [0, 0.1) is 15.9 Å². The van der Waals surface area contributed by atoms with E-state index in [0.717, 1.165) is 0 Å². The van der Waals surface area contributed by atoms with E-state index in [9.17, 15) is 19.3 Å². The van der Waals surface area contributed by atoms with E-state index in [-0.39, 0.29) is 29.5 Å². The maximum Gasteiger partial charge on any atom is 0.293 e. The number of hydrogen-bond donors (Lipinski definition) is 0. The molecule has 0 amide bonds. The van der Waals surface area contributed by atoms with Crippen molar-refractivity contribution in [1.29, 1.82) is 0 Å². The molecule has 0 aliphatic rings. The first-order chi connectivity index (χ1) is 14.3. The lowest BCUT2D eigenvalue weighted by atomic mass is 10.1. The average molecular weight is 407 g/mol. The van der Waals surface area contributed by atoms with Crippen LogP contribution >= 0.6 is 0 Å². The van der Waals surface area contributed by atoms with Crippen LogP contribution in [0.3, 0.4) is 0 Å². The van der Waals surface area contributed by atoms with Gasteiger partial charge in [0.25, 0.3) is 11.2 Å². The quantitative estimate of drug-likeness (QED) is 0.370. The molecule has 0 fully saturated rings. The highest BCUT2D eigenvalue weighted by molar-refractivity contribution is 5.82. The van der Waals surface area contributed by atoms with E-state index >= 15 is 0 Å². The standard InChI is InChI=1S/C21H18FN5O3/c1-13(2)19-18-11-23-26(16-8-6-15(22)7-9-16)20(18)21(28)25(24-19)12-14-4-3-5-17(10-14)27(29)30/h3-11,13H,12H2,1-2H3. The zero-order valence-electron chi connectivity index (χ0n) is 16.3. The molecule has 0 radical (unpaired) electrons. The van der Waals surface area contributed by atoms with Crippen molar-refractivity contribution in [2.45, 2.75) is 26.3 Å². The van der Waals surface area contributed by atoms with Crippen molar-refractivity contribution in [2.75, 3.05) is 0 Å². The van der Waals surface area contributed by atoms with Crippen molar-refractivity contribution in [3.05, 3.63) is 92.3 Å². The number of nitro groups is 1. The molecule has 0 saturated heterocycles. The first-order valence-electron chi connectivity index (χ1n) is 9.33. The van der Waals surface area contributed by atoms with Gasteiger partial charge < -0.3 is 0 Å². The van der Waals surface area contributed by atoms with Crippen LogP contribution < -0.4 is 5.56 Å². The minimum Gasteiger partial charge on any atom is -0.265 e. The van der Waals surface area contributed by atoms with Crippen molar-refractivity contribution in [3.8, 4) is 5.69 Å². The van der Waals surface area contributed by atoms with Gasteiger partial charge >= 0.3 is 0 Å². The number of aromatic nitrogens is 4. The summed E-state index contributed by atoms with van der Waals surface area (Å²) in [6, 6.07) is 11.8. The van der Waals surface area contributed by atoms with Crippen molar-refractivity contribution >= 4 is 16.6 Å². The number of fused-ring (bicyclic) bond motifs is 1. The van der Waals surface area contributed by atoms with E-state index in [4.69, 9.17) is 0 Å². The van der Waals surface area contributed by atoms with Gasteiger partial charge in [0, 0.05) is 17.5 Å². The molecule has 4 aromatic rings. The zero-order chi connectivity index (χ0) is 21.4. The first-order valence-corrected chi connectivity index (χ1v) is 9.33. The molecule has 0 aliphatic heterocycles. The molecule has 0 N–H and O–H groups in total. The summed E-state index contributed by atoms with van der Waals surface area (Å²) in [5, 5.41) is 20.5. The molecular weight excluding hydrogens is 389 g/mol. The van der Waals surface area contributed by atoms with Crippen LogP contribution in [0.5, 0.6) is 0 Å². The lowest BCUT2D eigenvalue weighted by molar-refractivity contribution is -0.384. The summed E-state index contributed by atoms with van der Waals surface area (Å²) in [6.45, 7) is 3.99. The Balaban J connectivity index is 1.90. The smallest absolute Gasteiger partial charge is 0.265 e. The molecule has 152 valence electrons. The van der Waals surface area contributed by atoms with Gasteiger partial charge in [-0.25, -0.2) is 13.8 Å². The summed E-state index contributed by atoms with van der Waals surface area (Å²) in [5.41, 5.74) is 1.70. The summed E-state index contributed by atoms with van der Waals surface area (Å²) < 4.78 is 16.1. The third kappa shape index (κ3) is 3.45. The minimum absolute atomic E-state index is 0.00956. The van der Waals surface area contributed by atoms with Crippen LogP contribution in [-0.2, 0) is 6.54 Å². The van der Waals surface area contributed by atoms with Crippen molar-refractivity contribution < 1.29 is 9.31 Å². The third-order valence-corrected chi connectivity index (χ3v) is 4.78. The molecule has 8 nitrogen and oxygen atoms in total. The Kier molecular flexibility index (Phi) is 4.86. The molecular formula is C21H18FN5O3. The lowest BCUT2D eigenvalue weighted by Gasteiger charge is -2.12. The molecule has 0 atom stereocenters. The van der Waals surface area contributed by atoms with E-state index in [1.807, 2.05) is 13.8 Å². The van der Waals surface area contributed by atoms with Crippen LogP contribution in [0.15, 0.2) is 59.5 Å². The van der Waals surface area contributed by atoms with Crippen LogP contribution in [-0.4, -0.2) is 24.5 Å². The van der Waals surface area contributed by atoms with E-state index in [1.165, 1.54) is 33.6 Å². The summed E-state index contributed by atoms with van der Waals surface area (Å²) in [5.74, 6) is -0.377. The molecule has 2 aromatic heterocycles. The average Bonchev–Trinajstić information content (AvgIpc) is 3.16. The Bertz CT molecular complexity index is 1310. The number of rotatable bonds is 5. The number of benzene rings is 2. The SMILES string of the molecule is CC(C)c1nn(Cc2cccc([N+](=O)[O-])c2)c(=O)c2c1cnn2-c1ccc(F)cc1. The molecule has 0 spiro atoms. The lowest BCUT2D eigenvalue weighted by Crippen LogP contribution is -2.27. The number of nitrogens with zero attached hydrogens (tertiary/aromatic N) is 5. The monoisotopic (exact) mass is 407 g/mol. The zero-order valence-corrected chi connectivity index (χ0v) is 16.3. The van der Waals surface area contributed by atoms with Crippen LogP contribution in [0.1, 0.15) is 31.0 Å². The second-order valence-corrected chi connectivity index (χ2v) is 7.22. The van der Waals surface area contributed by atoms with Crippen molar-refractivity contribution in [2.24, 2.45) is 0 Å². The van der Waals surface area contributed by atoms with Gasteiger partial charge in [-0.3, -0.25) is 14.9 Å². The number of hydrogen-bond acceptors (Lipinski definition) is 5. The minimum atomic E-state index is -0.480. The van der Waals surface area contributed by atoms with Gasteiger partial charge in [0.2, 0.25) is 0 Å². The molecule has 9 heteroatoms. The molecule has 30 heavy (non-hydrogen) atoms. The van der Waals surface area contributed by atoms with Gasteiger partial charge in [-0.15, -0.1) is 0 Å². The Morgan fingerprint density at radius 3 is 2.57 bits per heavy atom. The summed E-state index contributed by atoms with van der Waals surface area (Å²) in [4.78, 5) is 23.9. The fraction of sp³-hybridized carbons (Fsp3) is 0.190. The van der Waals surface area contributed by atoms with Gasteiger partial charge in [-0.2, -0.15) is 10.2 Å². The molecule has 0 unspecified atom stereocenters. The molecule has 2 heterocycles. The number of halogens is 1. The number of non-ortho nitro benzene ring substituents is 1. The normalized spacial score (nSPS) is 11.3. The highest BCUT2D eigenvalue weighted by Crippen LogP contribution is 2.23. The molecule has 0 bridgehead atoms. The van der Waals surface area contributed by atoms with Gasteiger partial charge in [0.1, 0.15) is 11.3 Å². The Morgan fingerprint density at radius 1 is 1.17 bits per heavy atom. The topological polar surface area (TPSA) is 95.8 Å². The van der Waals surface area contributed by atoms with Gasteiger partial charge in [0.05, 0.1) is 29.0 Å². The predicted molar refractivity (Wildman–Crippen MR) is 109 cm³/mol.